The van der Waals surface area contributed by atoms with Crippen LogP contribution in [0.5, 0.6) is 11.5 Å². The van der Waals surface area contributed by atoms with Crippen molar-refractivity contribution < 1.29 is 19.1 Å². The number of hydrogen-bond acceptors (Lipinski definition) is 4. The lowest BCUT2D eigenvalue weighted by molar-refractivity contribution is -0.140. The molecule has 29 heavy (non-hydrogen) atoms. The summed E-state index contributed by atoms with van der Waals surface area (Å²) in [5.74, 6) is 1.55. The van der Waals surface area contributed by atoms with Gasteiger partial charge in [0.15, 0.2) is 6.61 Å². The summed E-state index contributed by atoms with van der Waals surface area (Å²) in [6.45, 7) is 6.18. The van der Waals surface area contributed by atoms with Gasteiger partial charge in [0.05, 0.1) is 13.5 Å². The topological polar surface area (TPSA) is 59.1 Å². The highest BCUT2D eigenvalue weighted by molar-refractivity contribution is 5.80. The quantitative estimate of drug-likeness (QED) is 0.753. The second-order valence-corrected chi connectivity index (χ2v) is 7.27. The summed E-state index contributed by atoms with van der Waals surface area (Å²) in [5, 5.41) is 0. The first-order valence-corrected chi connectivity index (χ1v) is 9.85. The van der Waals surface area contributed by atoms with Crippen LogP contribution in [0.25, 0.3) is 0 Å². The lowest BCUT2D eigenvalue weighted by atomic mass is 10.1. The van der Waals surface area contributed by atoms with Crippen LogP contribution in [-0.4, -0.2) is 61.5 Å². The minimum absolute atomic E-state index is 0.0179. The van der Waals surface area contributed by atoms with Crippen molar-refractivity contribution in [3.8, 4) is 11.5 Å². The van der Waals surface area contributed by atoms with E-state index in [1.807, 2.05) is 61.2 Å². The smallest absolute Gasteiger partial charge is 0.260 e. The molecule has 6 heteroatoms. The molecule has 2 amide bonds. The zero-order chi connectivity index (χ0) is 20.8. The van der Waals surface area contributed by atoms with E-state index in [4.69, 9.17) is 9.47 Å². The fourth-order valence-corrected chi connectivity index (χ4v) is 3.35. The number of carbonyl (C=O) groups is 2. The molecule has 1 saturated heterocycles. The zero-order valence-corrected chi connectivity index (χ0v) is 17.3. The van der Waals surface area contributed by atoms with Crippen molar-refractivity contribution in [2.24, 2.45) is 0 Å². The number of ether oxygens (including phenoxy) is 2. The van der Waals surface area contributed by atoms with Crippen molar-refractivity contribution in [3.63, 3.8) is 0 Å². The lowest BCUT2D eigenvalue weighted by Crippen LogP contribution is -2.52. The lowest BCUT2D eigenvalue weighted by Gasteiger charge is -2.34. The maximum atomic E-state index is 12.5. The fraction of sp³-hybridized carbons (Fsp3) is 0.391. The second-order valence-electron chi connectivity index (χ2n) is 7.27. The van der Waals surface area contributed by atoms with E-state index < -0.39 is 0 Å². The predicted octanol–water partition coefficient (Wildman–Crippen LogP) is 2.60. The molecule has 0 aromatic heterocycles. The van der Waals surface area contributed by atoms with Crippen molar-refractivity contribution >= 4 is 11.8 Å². The number of aryl methyl sites for hydroxylation is 1. The number of hydrogen-bond donors (Lipinski definition) is 0. The van der Waals surface area contributed by atoms with Crippen LogP contribution in [0.2, 0.25) is 0 Å². The summed E-state index contributed by atoms with van der Waals surface area (Å²) < 4.78 is 10.9. The van der Waals surface area contributed by atoms with Crippen LogP contribution in [0.1, 0.15) is 16.7 Å². The molecule has 154 valence electrons. The third-order valence-corrected chi connectivity index (χ3v) is 5.41. The first-order valence-electron chi connectivity index (χ1n) is 9.85. The van der Waals surface area contributed by atoms with Gasteiger partial charge in [0.1, 0.15) is 11.5 Å². The summed E-state index contributed by atoms with van der Waals surface area (Å²) in [7, 11) is 1.62. The van der Waals surface area contributed by atoms with E-state index in [2.05, 4.69) is 0 Å². The SMILES string of the molecule is COc1ccc(CC(=O)N2CCN(C(=O)COc3cccc(C)c3C)CC2)cc1. The van der Waals surface area contributed by atoms with Gasteiger partial charge >= 0.3 is 0 Å². The van der Waals surface area contributed by atoms with Crippen LogP contribution in [0.4, 0.5) is 0 Å². The van der Waals surface area contributed by atoms with Crippen LogP contribution < -0.4 is 9.47 Å². The van der Waals surface area contributed by atoms with Crippen LogP contribution in [0.3, 0.4) is 0 Å². The Kier molecular flexibility index (Phi) is 6.75. The summed E-state index contributed by atoms with van der Waals surface area (Å²) >= 11 is 0. The van der Waals surface area contributed by atoms with Crippen LogP contribution in [0.15, 0.2) is 42.5 Å². The van der Waals surface area contributed by atoms with Gasteiger partial charge in [-0.15, -0.1) is 0 Å². The molecule has 6 nitrogen and oxygen atoms in total. The number of piperazine rings is 1. The molecule has 2 aromatic carbocycles. The highest BCUT2D eigenvalue weighted by Gasteiger charge is 2.24. The molecule has 1 heterocycles. The minimum Gasteiger partial charge on any atom is -0.497 e. The van der Waals surface area contributed by atoms with E-state index in [0.717, 1.165) is 28.2 Å². The van der Waals surface area contributed by atoms with Crippen molar-refractivity contribution in [2.75, 3.05) is 39.9 Å². The third kappa shape index (κ3) is 5.28. The molecule has 0 N–H and O–H groups in total. The third-order valence-electron chi connectivity index (χ3n) is 5.41. The molecule has 2 aromatic rings. The van der Waals surface area contributed by atoms with E-state index in [1.165, 1.54) is 0 Å². The summed E-state index contributed by atoms with van der Waals surface area (Å²) in [6, 6.07) is 13.3. The van der Waals surface area contributed by atoms with Gasteiger partial charge in [-0.25, -0.2) is 0 Å². The van der Waals surface area contributed by atoms with Crippen LogP contribution in [0, 0.1) is 13.8 Å². The van der Waals surface area contributed by atoms with Gasteiger partial charge in [0.25, 0.3) is 5.91 Å². The Bertz CT molecular complexity index is 856. The van der Waals surface area contributed by atoms with Gasteiger partial charge in [-0.2, -0.15) is 0 Å². The van der Waals surface area contributed by atoms with Crippen molar-refractivity contribution in [3.05, 3.63) is 59.2 Å². The molecule has 3 rings (SSSR count). The van der Waals surface area contributed by atoms with Crippen molar-refractivity contribution in [1.82, 2.24) is 9.80 Å². The monoisotopic (exact) mass is 396 g/mol. The molecule has 0 atom stereocenters. The van der Waals surface area contributed by atoms with E-state index in [1.54, 1.807) is 12.0 Å². The zero-order valence-electron chi connectivity index (χ0n) is 17.3. The van der Waals surface area contributed by atoms with Gasteiger partial charge in [-0.3, -0.25) is 9.59 Å². The highest BCUT2D eigenvalue weighted by Crippen LogP contribution is 2.20. The molecule has 0 saturated carbocycles. The van der Waals surface area contributed by atoms with Crippen LogP contribution >= 0.6 is 0 Å². The Morgan fingerprint density at radius 2 is 1.52 bits per heavy atom. The van der Waals surface area contributed by atoms with E-state index in [9.17, 15) is 9.59 Å². The number of nitrogens with zero attached hydrogens (tertiary/aromatic N) is 2. The number of carbonyl (C=O) groups excluding carboxylic acids is 2. The highest BCUT2D eigenvalue weighted by atomic mass is 16.5. The predicted molar refractivity (Wildman–Crippen MR) is 111 cm³/mol. The van der Waals surface area contributed by atoms with Crippen LogP contribution in [-0.2, 0) is 16.0 Å². The molecular weight excluding hydrogens is 368 g/mol. The first-order chi connectivity index (χ1) is 14.0. The minimum atomic E-state index is -0.0480. The van der Waals surface area contributed by atoms with Gasteiger partial charge in [0, 0.05) is 26.2 Å². The average molecular weight is 396 g/mol. The molecule has 1 aliphatic heterocycles. The molecule has 1 aliphatic rings. The molecule has 0 bridgehead atoms. The molecule has 0 spiro atoms. The Morgan fingerprint density at radius 1 is 0.897 bits per heavy atom. The van der Waals surface area contributed by atoms with E-state index in [-0.39, 0.29) is 18.4 Å². The first kappa shape index (κ1) is 20.7. The number of amides is 2. The maximum Gasteiger partial charge on any atom is 0.260 e. The van der Waals surface area contributed by atoms with Gasteiger partial charge in [-0.05, 0) is 48.7 Å². The van der Waals surface area contributed by atoms with Crippen molar-refractivity contribution in [2.45, 2.75) is 20.3 Å². The molecule has 0 aliphatic carbocycles. The largest absolute Gasteiger partial charge is 0.497 e. The van der Waals surface area contributed by atoms with E-state index in [0.29, 0.717) is 32.6 Å². The van der Waals surface area contributed by atoms with Gasteiger partial charge < -0.3 is 19.3 Å². The summed E-state index contributed by atoms with van der Waals surface area (Å²) in [5.41, 5.74) is 3.14. The number of rotatable bonds is 6. The molecule has 0 unspecified atom stereocenters. The molecular formula is C23H28N2O4. The summed E-state index contributed by atoms with van der Waals surface area (Å²) in [4.78, 5) is 28.6. The summed E-state index contributed by atoms with van der Waals surface area (Å²) in [6.07, 6.45) is 0.355. The van der Waals surface area contributed by atoms with E-state index >= 15 is 0 Å². The Morgan fingerprint density at radius 3 is 2.14 bits per heavy atom. The van der Waals surface area contributed by atoms with Crippen molar-refractivity contribution in [1.29, 1.82) is 0 Å². The number of benzene rings is 2. The Labute approximate surface area is 172 Å². The van der Waals surface area contributed by atoms with Gasteiger partial charge in [-0.1, -0.05) is 24.3 Å². The Hall–Kier alpha value is -3.02. The molecule has 0 radical (unpaired) electrons. The maximum absolute atomic E-state index is 12.5. The average Bonchev–Trinajstić information content (AvgIpc) is 2.75. The Balaban J connectivity index is 1.45. The normalized spacial score (nSPS) is 13.9. The standard InChI is InChI=1S/C23H28N2O4/c1-17-5-4-6-21(18(17)2)29-16-23(27)25-13-11-24(12-14-25)22(26)15-19-7-9-20(28-3)10-8-19/h4-10H,11-16H2,1-3H3. The second kappa shape index (κ2) is 9.45. The number of methoxy groups -OCH3 is 1. The molecule has 1 fully saturated rings. The fourth-order valence-electron chi connectivity index (χ4n) is 3.35. The van der Waals surface area contributed by atoms with Gasteiger partial charge in [0.2, 0.25) is 5.91 Å².